The molecule has 8 nitrogen and oxygen atoms in total. The van der Waals surface area contributed by atoms with Crippen molar-refractivity contribution >= 4 is 29.4 Å². The maximum atomic E-state index is 12.7. The number of ether oxygens (including phenoxy) is 1. The Kier molecular flexibility index (Phi) is 5.59. The molecule has 3 aromatic rings. The van der Waals surface area contributed by atoms with Gasteiger partial charge < -0.3 is 14.5 Å². The van der Waals surface area contributed by atoms with Crippen LogP contribution in [0.15, 0.2) is 65.3 Å². The van der Waals surface area contributed by atoms with Gasteiger partial charge in [0.1, 0.15) is 5.76 Å². The lowest BCUT2D eigenvalue weighted by molar-refractivity contribution is -0.123. The fourth-order valence-corrected chi connectivity index (χ4v) is 3.28. The maximum absolute atomic E-state index is 12.7. The summed E-state index contributed by atoms with van der Waals surface area (Å²) in [6.45, 7) is 3.38. The molecule has 4 rings (SSSR count). The average Bonchev–Trinajstić information content (AvgIpc) is 3.38. The second-order valence-corrected chi connectivity index (χ2v) is 7.44. The van der Waals surface area contributed by atoms with Crippen LogP contribution in [0.3, 0.4) is 0 Å². The van der Waals surface area contributed by atoms with E-state index in [0.717, 1.165) is 10.5 Å². The molecule has 0 radical (unpaired) electrons. The van der Waals surface area contributed by atoms with Crippen molar-refractivity contribution in [3.05, 3.63) is 88.9 Å². The number of furan rings is 1. The highest BCUT2D eigenvalue weighted by atomic mass is 16.5. The fourth-order valence-electron chi connectivity index (χ4n) is 3.28. The fraction of sp³-hybridized carbons (Fsp3) is 0.167. The van der Waals surface area contributed by atoms with Gasteiger partial charge in [0.15, 0.2) is 6.10 Å². The smallest absolute Gasteiger partial charge is 0.338 e. The number of carbonyl (C=O) groups is 4. The summed E-state index contributed by atoms with van der Waals surface area (Å²) in [7, 11) is 0. The Morgan fingerprint density at radius 3 is 2.44 bits per heavy atom. The molecule has 8 heteroatoms. The van der Waals surface area contributed by atoms with Gasteiger partial charge in [-0.3, -0.25) is 19.3 Å². The molecule has 162 valence electrons. The molecule has 0 bridgehead atoms. The van der Waals surface area contributed by atoms with Crippen LogP contribution < -0.4 is 5.32 Å². The van der Waals surface area contributed by atoms with E-state index in [9.17, 15) is 19.2 Å². The lowest BCUT2D eigenvalue weighted by atomic mass is 10.1. The minimum absolute atomic E-state index is 0.00462. The third-order valence-corrected chi connectivity index (χ3v) is 5.07. The summed E-state index contributed by atoms with van der Waals surface area (Å²) in [4.78, 5) is 51.2. The molecule has 1 aromatic heterocycles. The SMILES string of the molecule is Cc1ccc(NC(=O)C(C)OC(=O)c2ccc3c(c2)C(=O)N(Cc2ccco2)C3=O)cc1. The molecule has 0 saturated carbocycles. The molecule has 1 N–H and O–H groups in total. The molecule has 2 aromatic carbocycles. The number of carbonyl (C=O) groups excluding carboxylic acids is 4. The van der Waals surface area contributed by atoms with Gasteiger partial charge in [-0.05, 0) is 56.3 Å². The lowest BCUT2D eigenvalue weighted by Gasteiger charge is -2.14. The minimum atomic E-state index is -1.06. The normalized spacial score (nSPS) is 13.6. The van der Waals surface area contributed by atoms with Gasteiger partial charge in [0.05, 0.1) is 29.5 Å². The number of imide groups is 1. The predicted octanol–water partition coefficient (Wildman–Crippen LogP) is 3.57. The maximum Gasteiger partial charge on any atom is 0.338 e. The molecule has 1 atom stereocenters. The van der Waals surface area contributed by atoms with Crippen molar-refractivity contribution in [2.24, 2.45) is 0 Å². The first-order valence-corrected chi connectivity index (χ1v) is 9.94. The highest BCUT2D eigenvalue weighted by Crippen LogP contribution is 2.26. The van der Waals surface area contributed by atoms with E-state index in [1.165, 1.54) is 31.4 Å². The summed E-state index contributed by atoms with van der Waals surface area (Å²) in [6.07, 6.45) is 0.391. The predicted molar refractivity (Wildman–Crippen MR) is 114 cm³/mol. The molecule has 0 saturated heterocycles. The van der Waals surface area contributed by atoms with E-state index in [-0.39, 0.29) is 23.2 Å². The van der Waals surface area contributed by atoms with Crippen molar-refractivity contribution in [2.75, 3.05) is 5.32 Å². The van der Waals surface area contributed by atoms with Crippen LogP contribution in [0, 0.1) is 6.92 Å². The quantitative estimate of drug-likeness (QED) is 0.472. The third-order valence-electron chi connectivity index (χ3n) is 5.07. The Bertz CT molecular complexity index is 1200. The van der Waals surface area contributed by atoms with Crippen molar-refractivity contribution in [2.45, 2.75) is 26.5 Å². The number of nitrogens with one attached hydrogen (secondary N) is 1. The van der Waals surface area contributed by atoms with E-state index in [0.29, 0.717) is 11.4 Å². The van der Waals surface area contributed by atoms with E-state index in [1.54, 1.807) is 24.3 Å². The van der Waals surface area contributed by atoms with E-state index in [4.69, 9.17) is 9.15 Å². The van der Waals surface area contributed by atoms with Crippen LogP contribution in [0.4, 0.5) is 5.69 Å². The van der Waals surface area contributed by atoms with E-state index in [1.807, 2.05) is 19.1 Å². The summed E-state index contributed by atoms with van der Waals surface area (Å²) in [5.74, 6) is -1.79. The summed E-state index contributed by atoms with van der Waals surface area (Å²) >= 11 is 0. The number of amides is 3. The van der Waals surface area contributed by atoms with Gasteiger partial charge in [-0.2, -0.15) is 0 Å². The topological polar surface area (TPSA) is 106 Å². The number of rotatable bonds is 6. The van der Waals surface area contributed by atoms with Crippen LogP contribution in [-0.4, -0.2) is 34.7 Å². The first kappa shape index (κ1) is 21.0. The van der Waals surface area contributed by atoms with Crippen LogP contribution in [0.1, 0.15) is 49.3 Å². The first-order valence-electron chi connectivity index (χ1n) is 9.94. The van der Waals surface area contributed by atoms with Gasteiger partial charge in [-0.15, -0.1) is 0 Å². The molecule has 32 heavy (non-hydrogen) atoms. The van der Waals surface area contributed by atoms with Crippen LogP contribution in [0.5, 0.6) is 0 Å². The van der Waals surface area contributed by atoms with Crippen LogP contribution in [-0.2, 0) is 16.1 Å². The van der Waals surface area contributed by atoms with Crippen LogP contribution in [0.2, 0.25) is 0 Å². The molecule has 3 amide bonds. The number of benzene rings is 2. The van der Waals surface area contributed by atoms with Gasteiger partial charge >= 0.3 is 5.97 Å². The van der Waals surface area contributed by atoms with Crippen molar-refractivity contribution < 1.29 is 28.3 Å². The number of nitrogens with zero attached hydrogens (tertiary/aromatic N) is 1. The molecular weight excluding hydrogens is 412 g/mol. The molecular formula is C24H20N2O6. The van der Waals surface area contributed by atoms with Crippen molar-refractivity contribution in [3.63, 3.8) is 0 Å². The number of esters is 1. The van der Waals surface area contributed by atoms with Crippen molar-refractivity contribution in [1.29, 1.82) is 0 Å². The van der Waals surface area contributed by atoms with Crippen LogP contribution >= 0.6 is 0 Å². The number of anilines is 1. The molecule has 0 aliphatic carbocycles. The average molecular weight is 432 g/mol. The summed E-state index contributed by atoms with van der Waals surface area (Å²) in [5, 5.41) is 2.68. The van der Waals surface area contributed by atoms with Gasteiger partial charge in [0, 0.05) is 5.69 Å². The Balaban J connectivity index is 1.44. The molecule has 1 aliphatic rings. The van der Waals surface area contributed by atoms with Crippen molar-refractivity contribution in [1.82, 2.24) is 4.90 Å². The van der Waals surface area contributed by atoms with Gasteiger partial charge in [-0.25, -0.2) is 4.79 Å². The number of aryl methyl sites for hydroxylation is 1. The van der Waals surface area contributed by atoms with Gasteiger partial charge in [-0.1, -0.05) is 17.7 Å². The van der Waals surface area contributed by atoms with Gasteiger partial charge in [0.2, 0.25) is 0 Å². The molecule has 2 heterocycles. The Morgan fingerprint density at radius 2 is 1.75 bits per heavy atom. The van der Waals surface area contributed by atoms with Crippen LogP contribution in [0.25, 0.3) is 0 Å². The number of hydrogen-bond donors (Lipinski definition) is 1. The monoisotopic (exact) mass is 432 g/mol. The summed E-state index contributed by atoms with van der Waals surface area (Å²) in [5.41, 5.74) is 2.01. The molecule has 1 aliphatic heterocycles. The number of fused-ring (bicyclic) bond motifs is 1. The molecule has 0 fully saturated rings. The summed E-state index contributed by atoms with van der Waals surface area (Å²) in [6, 6.07) is 14.6. The minimum Gasteiger partial charge on any atom is -0.467 e. The zero-order valence-electron chi connectivity index (χ0n) is 17.5. The largest absolute Gasteiger partial charge is 0.467 e. The third kappa shape index (κ3) is 4.15. The Labute approximate surface area is 183 Å². The second kappa shape index (κ2) is 8.50. The molecule has 1 unspecified atom stereocenters. The second-order valence-electron chi connectivity index (χ2n) is 7.44. The highest BCUT2D eigenvalue weighted by Gasteiger charge is 2.36. The van der Waals surface area contributed by atoms with E-state index in [2.05, 4.69) is 5.32 Å². The number of hydrogen-bond acceptors (Lipinski definition) is 6. The Hall–Kier alpha value is -4.20. The summed E-state index contributed by atoms with van der Waals surface area (Å²) < 4.78 is 10.5. The van der Waals surface area contributed by atoms with E-state index >= 15 is 0 Å². The first-order chi connectivity index (χ1) is 15.3. The highest BCUT2D eigenvalue weighted by molar-refractivity contribution is 6.21. The lowest BCUT2D eigenvalue weighted by Crippen LogP contribution is -2.30. The zero-order valence-corrected chi connectivity index (χ0v) is 17.5. The molecule has 0 spiro atoms. The Morgan fingerprint density at radius 1 is 1.03 bits per heavy atom. The van der Waals surface area contributed by atoms with E-state index < -0.39 is 29.8 Å². The van der Waals surface area contributed by atoms with Gasteiger partial charge in [0.25, 0.3) is 17.7 Å². The standard InChI is InChI=1S/C24H20N2O6/c1-14-5-8-17(9-6-14)25-21(27)15(2)32-24(30)16-7-10-19-20(12-16)23(29)26(22(19)28)13-18-4-3-11-31-18/h3-12,15H,13H2,1-2H3,(H,25,27). The zero-order chi connectivity index (χ0) is 22.8. The van der Waals surface area contributed by atoms with Crippen molar-refractivity contribution in [3.8, 4) is 0 Å².